The average Bonchev–Trinajstić information content (AvgIpc) is 2.74. The molecule has 1 N–H and O–H groups in total. The molecule has 0 saturated heterocycles. The Labute approximate surface area is 133 Å². The molecule has 8 heteroatoms. The maximum Gasteiger partial charge on any atom is 0.413 e. The van der Waals surface area contributed by atoms with Crippen LogP contribution in [0.15, 0.2) is 18.2 Å². The van der Waals surface area contributed by atoms with Gasteiger partial charge in [0.15, 0.2) is 5.82 Å². The quantitative estimate of drug-likeness (QED) is 0.683. The molecule has 2 aromatic rings. The summed E-state index contributed by atoms with van der Waals surface area (Å²) in [6, 6.07) is 4.47. The number of fused-ring (bicyclic) bond motifs is 1. The number of nitrogens with one attached hydrogen (secondary N) is 1. The zero-order valence-electron chi connectivity index (χ0n) is 13.8. The molecular formula is C15H20N4O4. The summed E-state index contributed by atoms with van der Waals surface area (Å²) in [4.78, 5) is 22.4. The summed E-state index contributed by atoms with van der Waals surface area (Å²) in [6.07, 6.45) is -0.653. The molecule has 0 aliphatic carbocycles. The molecule has 23 heavy (non-hydrogen) atoms. The predicted octanol–water partition coefficient (Wildman–Crippen LogP) is 3.87. The Morgan fingerprint density at radius 2 is 2.04 bits per heavy atom. The molecule has 0 atom stereocenters. The van der Waals surface area contributed by atoms with Gasteiger partial charge in [-0.1, -0.05) is 0 Å². The van der Waals surface area contributed by atoms with E-state index < -0.39 is 16.6 Å². The van der Waals surface area contributed by atoms with Crippen molar-refractivity contribution in [3.05, 3.63) is 28.3 Å². The lowest BCUT2D eigenvalue weighted by Crippen LogP contribution is -2.27. The number of amides is 1. The smallest absolute Gasteiger partial charge is 0.413 e. The van der Waals surface area contributed by atoms with Gasteiger partial charge >= 0.3 is 6.09 Å². The lowest BCUT2D eigenvalue weighted by Gasteiger charge is -2.19. The predicted molar refractivity (Wildman–Crippen MR) is 86.6 cm³/mol. The van der Waals surface area contributed by atoms with E-state index in [9.17, 15) is 14.9 Å². The van der Waals surface area contributed by atoms with Crippen molar-refractivity contribution >= 4 is 28.5 Å². The molecule has 1 amide bonds. The zero-order chi connectivity index (χ0) is 17.4. The number of carbonyl (C=O) groups excluding carboxylic acids is 1. The zero-order valence-corrected chi connectivity index (χ0v) is 13.8. The van der Waals surface area contributed by atoms with Gasteiger partial charge in [0.2, 0.25) is 0 Å². The van der Waals surface area contributed by atoms with E-state index in [0.29, 0.717) is 10.9 Å². The van der Waals surface area contributed by atoms with Gasteiger partial charge in [0, 0.05) is 18.2 Å². The third-order valence-electron chi connectivity index (χ3n) is 3.01. The molecule has 124 valence electrons. The van der Waals surface area contributed by atoms with Crippen LogP contribution in [0.1, 0.15) is 40.7 Å². The lowest BCUT2D eigenvalue weighted by atomic mass is 10.2. The molecule has 0 saturated carbocycles. The highest BCUT2D eigenvalue weighted by atomic mass is 16.6. The second kappa shape index (κ2) is 5.86. The lowest BCUT2D eigenvalue weighted by molar-refractivity contribution is -0.384. The Bertz CT molecular complexity index is 759. The first-order chi connectivity index (χ1) is 10.6. The SMILES string of the molecule is CC(C)n1nc(NC(=O)OC(C)(C)C)c2cc([N+](=O)[O-])ccc21. The monoisotopic (exact) mass is 320 g/mol. The van der Waals surface area contributed by atoms with Crippen LogP contribution in [0.5, 0.6) is 0 Å². The highest BCUT2D eigenvalue weighted by molar-refractivity contribution is 5.98. The minimum atomic E-state index is -0.653. The molecule has 1 aromatic carbocycles. The fraction of sp³-hybridized carbons (Fsp3) is 0.467. The van der Waals surface area contributed by atoms with E-state index in [1.54, 1.807) is 31.5 Å². The van der Waals surface area contributed by atoms with E-state index >= 15 is 0 Å². The topological polar surface area (TPSA) is 99.3 Å². The van der Waals surface area contributed by atoms with Gasteiger partial charge in [-0.15, -0.1) is 0 Å². The van der Waals surface area contributed by atoms with E-state index in [4.69, 9.17) is 4.74 Å². The van der Waals surface area contributed by atoms with Crippen molar-refractivity contribution in [1.82, 2.24) is 9.78 Å². The molecule has 2 rings (SSSR count). The molecular weight excluding hydrogens is 300 g/mol. The van der Waals surface area contributed by atoms with E-state index in [-0.39, 0.29) is 17.5 Å². The fourth-order valence-corrected chi connectivity index (χ4v) is 2.13. The van der Waals surface area contributed by atoms with E-state index in [0.717, 1.165) is 0 Å². The number of benzene rings is 1. The van der Waals surface area contributed by atoms with Gasteiger partial charge in [0.05, 0.1) is 15.8 Å². The van der Waals surface area contributed by atoms with Crippen LogP contribution in [0.3, 0.4) is 0 Å². The van der Waals surface area contributed by atoms with Crippen molar-refractivity contribution in [2.45, 2.75) is 46.3 Å². The number of carbonyl (C=O) groups is 1. The minimum Gasteiger partial charge on any atom is -0.444 e. The molecule has 0 bridgehead atoms. The van der Waals surface area contributed by atoms with Crippen LogP contribution in [0.25, 0.3) is 10.9 Å². The van der Waals surface area contributed by atoms with E-state index in [1.165, 1.54) is 12.1 Å². The van der Waals surface area contributed by atoms with Crippen LogP contribution in [-0.2, 0) is 4.74 Å². The summed E-state index contributed by atoms with van der Waals surface area (Å²) < 4.78 is 6.90. The highest BCUT2D eigenvalue weighted by Gasteiger charge is 2.21. The molecule has 0 aliphatic heterocycles. The average molecular weight is 320 g/mol. The largest absolute Gasteiger partial charge is 0.444 e. The van der Waals surface area contributed by atoms with Gasteiger partial charge in [0.1, 0.15) is 5.60 Å². The normalized spacial score (nSPS) is 11.7. The van der Waals surface area contributed by atoms with E-state index in [1.807, 2.05) is 13.8 Å². The Kier molecular flexibility index (Phi) is 4.26. The Balaban J connectivity index is 2.47. The summed E-state index contributed by atoms with van der Waals surface area (Å²) in [6.45, 7) is 9.13. The minimum absolute atomic E-state index is 0.0353. The van der Waals surface area contributed by atoms with Gasteiger partial charge in [-0.3, -0.25) is 20.1 Å². The number of ether oxygens (including phenoxy) is 1. The standard InChI is InChI=1S/C15H20N4O4/c1-9(2)18-12-7-6-10(19(21)22)8-11(12)13(17-18)16-14(20)23-15(3,4)5/h6-9H,1-5H3,(H,16,17,20). The van der Waals surface area contributed by atoms with Crippen molar-refractivity contribution in [2.75, 3.05) is 5.32 Å². The van der Waals surface area contributed by atoms with Crippen LogP contribution < -0.4 is 5.32 Å². The summed E-state index contributed by atoms with van der Waals surface area (Å²) in [7, 11) is 0. The van der Waals surface area contributed by atoms with Crippen LogP contribution >= 0.6 is 0 Å². The first kappa shape index (κ1) is 16.7. The Hall–Kier alpha value is -2.64. The second-order valence-corrected chi connectivity index (χ2v) is 6.47. The summed E-state index contributed by atoms with van der Waals surface area (Å²) in [5.74, 6) is 0.242. The van der Waals surface area contributed by atoms with Crippen molar-refractivity contribution in [3.8, 4) is 0 Å². The molecule has 0 fully saturated rings. The molecule has 1 heterocycles. The fourth-order valence-electron chi connectivity index (χ4n) is 2.13. The van der Waals surface area contributed by atoms with Crippen molar-refractivity contribution in [3.63, 3.8) is 0 Å². The van der Waals surface area contributed by atoms with E-state index in [2.05, 4.69) is 10.4 Å². The van der Waals surface area contributed by atoms with Crippen LogP contribution in [0.4, 0.5) is 16.3 Å². The third kappa shape index (κ3) is 3.77. The summed E-state index contributed by atoms with van der Waals surface area (Å²) >= 11 is 0. The van der Waals surface area contributed by atoms with Crippen LogP contribution in [0.2, 0.25) is 0 Å². The molecule has 0 radical (unpaired) electrons. The first-order valence-corrected chi connectivity index (χ1v) is 7.25. The number of non-ortho nitro benzene ring substituents is 1. The number of aromatic nitrogens is 2. The number of hydrogen-bond donors (Lipinski definition) is 1. The van der Waals surface area contributed by atoms with Gasteiger partial charge in [0.25, 0.3) is 5.69 Å². The Morgan fingerprint density at radius 3 is 2.57 bits per heavy atom. The molecule has 0 spiro atoms. The number of nitro benzene ring substituents is 1. The van der Waals surface area contributed by atoms with Gasteiger partial charge in [-0.05, 0) is 40.7 Å². The molecule has 8 nitrogen and oxygen atoms in total. The first-order valence-electron chi connectivity index (χ1n) is 7.25. The maximum absolute atomic E-state index is 12.0. The van der Waals surface area contributed by atoms with Crippen LogP contribution in [0, 0.1) is 10.1 Å². The maximum atomic E-state index is 12.0. The number of anilines is 1. The molecule has 1 aromatic heterocycles. The molecule has 0 aliphatic rings. The van der Waals surface area contributed by atoms with Crippen molar-refractivity contribution in [2.24, 2.45) is 0 Å². The number of rotatable bonds is 3. The number of nitro groups is 1. The Morgan fingerprint density at radius 1 is 1.39 bits per heavy atom. The van der Waals surface area contributed by atoms with Gasteiger partial charge in [-0.25, -0.2) is 4.79 Å². The van der Waals surface area contributed by atoms with Gasteiger partial charge in [-0.2, -0.15) is 5.10 Å². The summed E-state index contributed by atoms with van der Waals surface area (Å²) in [5.41, 5.74) is -0.00309. The van der Waals surface area contributed by atoms with Crippen molar-refractivity contribution < 1.29 is 14.5 Å². The van der Waals surface area contributed by atoms with Crippen LogP contribution in [-0.4, -0.2) is 26.4 Å². The van der Waals surface area contributed by atoms with Crippen molar-refractivity contribution in [1.29, 1.82) is 0 Å². The summed E-state index contributed by atoms with van der Waals surface area (Å²) in [5, 5.41) is 18.4. The van der Waals surface area contributed by atoms with Gasteiger partial charge < -0.3 is 4.74 Å². The third-order valence-corrected chi connectivity index (χ3v) is 3.01. The molecule has 0 unspecified atom stereocenters. The highest BCUT2D eigenvalue weighted by Crippen LogP contribution is 2.29. The second-order valence-electron chi connectivity index (χ2n) is 6.47. The number of nitrogens with zero attached hydrogens (tertiary/aromatic N) is 3. The number of hydrogen-bond acceptors (Lipinski definition) is 5.